The number of imidazole rings is 1. The molecule has 1 saturated carbocycles. The van der Waals surface area contributed by atoms with Gasteiger partial charge >= 0.3 is 0 Å². The summed E-state index contributed by atoms with van der Waals surface area (Å²) in [7, 11) is 0. The summed E-state index contributed by atoms with van der Waals surface area (Å²) in [4.78, 5) is 21.5. The lowest BCUT2D eigenvalue weighted by atomic mass is 9.89. The van der Waals surface area contributed by atoms with Crippen molar-refractivity contribution in [3.05, 3.63) is 77.8 Å². The van der Waals surface area contributed by atoms with E-state index >= 15 is 0 Å². The highest BCUT2D eigenvalue weighted by atomic mass is 19.1. The van der Waals surface area contributed by atoms with Gasteiger partial charge in [0.2, 0.25) is 5.91 Å². The number of carbonyl (C=O) groups excluding carboxylic acids is 1. The van der Waals surface area contributed by atoms with E-state index in [1.54, 1.807) is 0 Å². The van der Waals surface area contributed by atoms with Gasteiger partial charge in [0, 0.05) is 30.5 Å². The van der Waals surface area contributed by atoms with Crippen LogP contribution in [0.25, 0.3) is 0 Å². The van der Waals surface area contributed by atoms with Crippen molar-refractivity contribution in [1.29, 1.82) is 0 Å². The van der Waals surface area contributed by atoms with Gasteiger partial charge in [0.05, 0.1) is 11.9 Å². The van der Waals surface area contributed by atoms with Crippen LogP contribution in [0.15, 0.2) is 54.9 Å². The monoisotopic (exact) mass is 392 g/mol. The fraction of sp³-hybridized carbons (Fsp3) is 0.348. The van der Waals surface area contributed by atoms with Gasteiger partial charge in [-0.25, -0.2) is 14.4 Å². The minimum absolute atomic E-state index is 0.0644. The molecule has 1 fully saturated rings. The number of nitrogens with one attached hydrogen (secondary N) is 1. The average Bonchev–Trinajstić information content (AvgIpc) is 3.37. The van der Waals surface area contributed by atoms with Gasteiger partial charge in [-0.15, -0.1) is 0 Å². The highest BCUT2D eigenvalue weighted by Gasteiger charge is 2.58. The number of pyridine rings is 1. The zero-order valence-electron chi connectivity index (χ0n) is 16.7. The van der Waals surface area contributed by atoms with E-state index < -0.39 is 5.82 Å². The molecule has 1 aliphatic rings. The van der Waals surface area contributed by atoms with Gasteiger partial charge in [0.25, 0.3) is 0 Å². The number of hydrogen-bond acceptors (Lipinski definition) is 3. The topological polar surface area (TPSA) is 59.8 Å². The molecule has 6 heteroatoms. The van der Waals surface area contributed by atoms with Crippen LogP contribution in [0.1, 0.15) is 36.8 Å². The maximum absolute atomic E-state index is 13.1. The smallest absolute Gasteiger partial charge is 0.229 e. The van der Waals surface area contributed by atoms with Crippen molar-refractivity contribution in [2.24, 2.45) is 5.92 Å². The van der Waals surface area contributed by atoms with Crippen LogP contribution in [0, 0.1) is 18.7 Å². The molecule has 1 aliphatic carbocycles. The summed E-state index contributed by atoms with van der Waals surface area (Å²) in [5.74, 6) is 0.832. The van der Waals surface area contributed by atoms with Crippen LogP contribution in [0.2, 0.25) is 0 Å². The van der Waals surface area contributed by atoms with Crippen molar-refractivity contribution in [2.75, 3.05) is 5.32 Å². The summed E-state index contributed by atoms with van der Waals surface area (Å²) in [6, 6.07) is 13.0. The van der Waals surface area contributed by atoms with E-state index in [4.69, 9.17) is 0 Å². The Morgan fingerprint density at radius 3 is 2.76 bits per heavy atom. The van der Waals surface area contributed by atoms with Gasteiger partial charge in [-0.3, -0.25) is 4.79 Å². The number of carbonyl (C=O) groups is 1. The molecule has 29 heavy (non-hydrogen) atoms. The summed E-state index contributed by atoms with van der Waals surface area (Å²) in [5.41, 5.74) is 2.00. The van der Waals surface area contributed by atoms with Crippen LogP contribution < -0.4 is 5.32 Å². The molecule has 2 unspecified atom stereocenters. The van der Waals surface area contributed by atoms with E-state index in [0.29, 0.717) is 5.82 Å². The SMILES string of the molecule is CCc1nc(C)cn1CCC1(c2ccccc2)CC1C(=O)Nc1ccc(F)cn1. The molecule has 150 valence electrons. The Morgan fingerprint density at radius 2 is 2.07 bits per heavy atom. The Morgan fingerprint density at radius 1 is 1.28 bits per heavy atom. The molecule has 0 aliphatic heterocycles. The molecule has 0 spiro atoms. The third kappa shape index (κ3) is 3.92. The molecular formula is C23H25FN4O. The first-order valence-electron chi connectivity index (χ1n) is 10.0. The molecule has 1 N–H and O–H groups in total. The van der Waals surface area contributed by atoms with Crippen molar-refractivity contribution in [2.45, 2.75) is 45.1 Å². The molecule has 2 heterocycles. The summed E-state index contributed by atoms with van der Waals surface area (Å²) < 4.78 is 15.3. The van der Waals surface area contributed by atoms with Crippen molar-refractivity contribution >= 4 is 11.7 Å². The van der Waals surface area contributed by atoms with Crippen LogP contribution in [0.3, 0.4) is 0 Å². The van der Waals surface area contributed by atoms with Crippen molar-refractivity contribution in [1.82, 2.24) is 14.5 Å². The number of benzene rings is 1. The third-order valence-corrected chi connectivity index (χ3v) is 5.81. The van der Waals surface area contributed by atoms with E-state index in [9.17, 15) is 9.18 Å². The second kappa shape index (κ2) is 7.78. The van der Waals surface area contributed by atoms with E-state index in [2.05, 4.69) is 45.1 Å². The van der Waals surface area contributed by atoms with Crippen molar-refractivity contribution < 1.29 is 9.18 Å². The predicted molar refractivity (Wildman–Crippen MR) is 110 cm³/mol. The first-order chi connectivity index (χ1) is 14.0. The molecule has 3 aromatic rings. The summed E-state index contributed by atoms with van der Waals surface area (Å²) in [6.45, 7) is 4.93. The van der Waals surface area contributed by atoms with Crippen LogP contribution in [-0.2, 0) is 23.2 Å². The van der Waals surface area contributed by atoms with Gasteiger partial charge in [0.1, 0.15) is 17.5 Å². The number of rotatable bonds is 7. The highest BCUT2D eigenvalue weighted by Crippen LogP contribution is 2.57. The number of aryl methyl sites for hydroxylation is 3. The summed E-state index contributed by atoms with van der Waals surface area (Å²) in [5, 5.41) is 2.84. The Bertz CT molecular complexity index is 999. The van der Waals surface area contributed by atoms with E-state index in [0.717, 1.165) is 43.5 Å². The fourth-order valence-electron chi connectivity index (χ4n) is 4.21. The maximum Gasteiger partial charge on any atom is 0.229 e. The second-order valence-corrected chi connectivity index (χ2v) is 7.73. The number of aromatic nitrogens is 3. The van der Waals surface area contributed by atoms with E-state index in [-0.39, 0.29) is 17.2 Å². The van der Waals surface area contributed by atoms with Crippen LogP contribution in [-0.4, -0.2) is 20.4 Å². The lowest BCUT2D eigenvalue weighted by Gasteiger charge is -2.19. The predicted octanol–water partition coefficient (Wildman–Crippen LogP) is 4.27. The second-order valence-electron chi connectivity index (χ2n) is 7.73. The molecule has 0 saturated heterocycles. The molecular weight excluding hydrogens is 367 g/mol. The Kier molecular flexibility index (Phi) is 5.18. The Balaban J connectivity index is 1.53. The lowest BCUT2D eigenvalue weighted by molar-refractivity contribution is -0.117. The minimum atomic E-state index is -0.421. The minimum Gasteiger partial charge on any atom is -0.335 e. The zero-order chi connectivity index (χ0) is 20.4. The lowest BCUT2D eigenvalue weighted by Crippen LogP contribution is -2.23. The van der Waals surface area contributed by atoms with Gasteiger partial charge < -0.3 is 9.88 Å². The molecule has 2 aromatic heterocycles. The summed E-state index contributed by atoms with van der Waals surface area (Å²) >= 11 is 0. The molecule has 0 radical (unpaired) electrons. The van der Waals surface area contributed by atoms with Crippen LogP contribution >= 0.6 is 0 Å². The van der Waals surface area contributed by atoms with Crippen LogP contribution in [0.5, 0.6) is 0 Å². The van der Waals surface area contributed by atoms with Crippen LogP contribution in [0.4, 0.5) is 10.2 Å². The zero-order valence-corrected chi connectivity index (χ0v) is 16.7. The molecule has 5 nitrogen and oxygen atoms in total. The third-order valence-electron chi connectivity index (χ3n) is 5.81. The molecule has 0 bridgehead atoms. The molecule has 1 aromatic carbocycles. The number of anilines is 1. The molecule has 1 amide bonds. The van der Waals surface area contributed by atoms with Gasteiger partial charge in [-0.05, 0) is 37.5 Å². The van der Waals surface area contributed by atoms with Crippen molar-refractivity contribution in [3.63, 3.8) is 0 Å². The molecule has 4 rings (SSSR count). The Labute approximate surface area is 170 Å². The van der Waals surface area contributed by atoms with E-state index in [1.807, 2.05) is 25.1 Å². The molecule has 2 atom stereocenters. The number of nitrogens with zero attached hydrogens (tertiary/aromatic N) is 3. The number of halogens is 1. The Hall–Kier alpha value is -3.02. The quantitative estimate of drug-likeness (QED) is 0.653. The first kappa shape index (κ1) is 19.3. The van der Waals surface area contributed by atoms with E-state index in [1.165, 1.54) is 17.7 Å². The van der Waals surface area contributed by atoms with Gasteiger partial charge in [-0.1, -0.05) is 37.3 Å². The number of amides is 1. The first-order valence-corrected chi connectivity index (χ1v) is 10.0. The van der Waals surface area contributed by atoms with Gasteiger partial charge in [-0.2, -0.15) is 0 Å². The maximum atomic E-state index is 13.1. The summed E-state index contributed by atoms with van der Waals surface area (Å²) in [6.07, 6.45) is 5.72. The highest BCUT2D eigenvalue weighted by molar-refractivity contribution is 5.95. The fourth-order valence-corrected chi connectivity index (χ4v) is 4.21. The van der Waals surface area contributed by atoms with Crippen molar-refractivity contribution in [3.8, 4) is 0 Å². The average molecular weight is 392 g/mol. The normalized spacial score (nSPS) is 20.4. The number of hydrogen-bond donors (Lipinski definition) is 1. The van der Waals surface area contributed by atoms with Gasteiger partial charge in [0.15, 0.2) is 0 Å². The largest absolute Gasteiger partial charge is 0.335 e. The standard InChI is InChI=1S/C23H25FN4O/c1-3-21-26-16(2)15-28(21)12-11-23(17-7-5-4-6-8-17)13-19(23)22(29)27-20-10-9-18(24)14-25-20/h4-10,14-15,19H,3,11-13H2,1-2H3,(H,25,27,29).